The maximum absolute atomic E-state index is 9.33. The highest BCUT2D eigenvalue weighted by molar-refractivity contribution is 5.37. The van der Waals surface area contributed by atoms with E-state index in [1.807, 2.05) is 12.1 Å². The van der Waals surface area contributed by atoms with Gasteiger partial charge in [-0.1, -0.05) is 101 Å². The van der Waals surface area contributed by atoms with Crippen LogP contribution in [0.3, 0.4) is 0 Å². The minimum Gasteiger partial charge on any atom is -0.508 e. The van der Waals surface area contributed by atoms with Crippen molar-refractivity contribution < 1.29 is 15.3 Å². The topological polar surface area (TPSA) is 60.7 Å². The molecule has 0 aliphatic heterocycles. The first kappa shape index (κ1) is 71.4. The van der Waals surface area contributed by atoms with Gasteiger partial charge in [0.15, 0.2) is 0 Å². The van der Waals surface area contributed by atoms with Crippen LogP contribution >= 0.6 is 0 Å². The van der Waals surface area contributed by atoms with Gasteiger partial charge in [-0.2, -0.15) is 0 Å². The fraction of sp³-hybridized carbons (Fsp3) is 0.538. The van der Waals surface area contributed by atoms with Crippen molar-refractivity contribution in [2.24, 2.45) is 0 Å². The third-order valence-electron chi connectivity index (χ3n) is 2.60. The Morgan fingerprint density at radius 2 is 0.690 bits per heavy atom. The molecule has 0 atom stereocenters. The summed E-state index contributed by atoms with van der Waals surface area (Å²) in [4.78, 5) is 0. The first-order chi connectivity index (χ1) is 8.13. The normalized spacial score (nSPS) is 6.07. The van der Waals surface area contributed by atoms with Gasteiger partial charge in [-0.15, -0.1) is 0 Å². The molecule has 0 aliphatic rings. The lowest BCUT2D eigenvalue weighted by Crippen LogP contribution is -1.90. The van der Waals surface area contributed by atoms with Crippen molar-refractivity contribution in [1.29, 1.82) is 0 Å². The molecule has 184 valence electrons. The van der Waals surface area contributed by atoms with Gasteiger partial charge in [0.05, 0.1) is 0 Å². The molecule has 3 heteroatoms. The molecule has 0 unspecified atom stereocenters. The van der Waals surface area contributed by atoms with E-state index < -0.39 is 0 Å². The van der Waals surface area contributed by atoms with E-state index in [1.54, 1.807) is 24.3 Å². The van der Waals surface area contributed by atoms with Crippen LogP contribution in [0.15, 0.2) is 42.5 Å². The molecule has 2 rings (SSSR count). The molecule has 0 heterocycles. The molecule has 0 bridgehead atoms. The van der Waals surface area contributed by atoms with Crippen molar-refractivity contribution in [3.05, 3.63) is 53.6 Å². The van der Waals surface area contributed by atoms with Gasteiger partial charge < -0.3 is 15.3 Å². The fourth-order valence-electron chi connectivity index (χ4n) is 1.75. The predicted molar refractivity (Wildman–Crippen MR) is 146 cm³/mol. The smallest absolute Gasteiger partial charge is 0.119 e. The second-order valence-electron chi connectivity index (χ2n) is 4.02. The number of aromatic hydroxyl groups is 3. The molecule has 2 aromatic carbocycles. The van der Waals surface area contributed by atoms with Crippen LogP contribution in [-0.2, 0) is 12.8 Å². The van der Waals surface area contributed by atoms with Gasteiger partial charge in [0, 0.05) is 6.07 Å². The van der Waals surface area contributed by atoms with E-state index in [2.05, 4.69) is 0 Å². The molecular weight excluding hydrogens is 360 g/mol. The van der Waals surface area contributed by atoms with E-state index in [-0.39, 0.29) is 106 Å². The highest BCUT2D eigenvalue weighted by Crippen LogP contribution is 2.21. The highest BCUT2D eigenvalue weighted by Gasteiger charge is 2.00. The average Bonchev–Trinajstić information content (AvgIpc) is 2.27. The van der Waals surface area contributed by atoms with Crippen LogP contribution in [0.5, 0.6) is 17.2 Å². The Bertz CT molecular complexity index is 486. The van der Waals surface area contributed by atoms with Gasteiger partial charge in [-0.05, 0) is 48.2 Å². The quantitative estimate of drug-likeness (QED) is 0.461. The number of aryl methyl sites for hydroxylation is 2. The molecule has 0 saturated heterocycles. The van der Waals surface area contributed by atoms with Crippen molar-refractivity contribution in [3.63, 3.8) is 0 Å². The molecular formula is C26H62O3. The van der Waals surface area contributed by atoms with E-state index in [9.17, 15) is 10.2 Å². The summed E-state index contributed by atoms with van der Waals surface area (Å²) in [6.45, 7) is 0. The van der Waals surface area contributed by atoms with Crippen molar-refractivity contribution in [2.75, 3.05) is 0 Å². The first-order valence-electron chi connectivity index (χ1n) is 5.43. The highest BCUT2D eigenvalue weighted by atomic mass is 16.3. The summed E-state index contributed by atoms with van der Waals surface area (Å²) in [5.74, 6) is 0.403. The van der Waals surface area contributed by atoms with Crippen LogP contribution in [0.4, 0.5) is 0 Å². The third kappa shape index (κ3) is 23.8. The number of benzene rings is 2. The predicted octanol–water partition coefficient (Wildman–Crippen LogP) is 10.2. The number of phenolic OH excluding ortho intramolecular Hbond substituents is 3. The molecule has 0 spiro atoms. The minimum atomic E-state index is 0. The van der Waals surface area contributed by atoms with E-state index in [4.69, 9.17) is 5.11 Å². The lowest BCUT2D eigenvalue weighted by Gasteiger charge is -2.04. The Balaban J connectivity index is -0.0000000300. The Kier molecular flexibility index (Phi) is 82.3. The summed E-state index contributed by atoms with van der Waals surface area (Å²) in [7, 11) is 0. The Morgan fingerprint density at radius 3 is 1.03 bits per heavy atom. The van der Waals surface area contributed by atoms with Crippen LogP contribution < -0.4 is 0 Å². The third-order valence-corrected chi connectivity index (χ3v) is 2.60. The summed E-state index contributed by atoms with van der Waals surface area (Å²) < 4.78 is 0. The summed E-state index contributed by atoms with van der Waals surface area (Å²) in [5.41, 5.74) is 1.99. The van der Waals surface area contributed by atoms with Crippen LogP contribution in [-0.4, -0.2) is 15.3 Å². The Morgan fingerprint density at radius 1 is 0.379 bits per heavy atom. The average molecular weight is 423 g/mol. The van der Waals surface area contributed by atoms with Crippen molar-refractivity contribution >= 4 is 0 Å². The van der Waals surface area contributed by atoms with E-state index in [1.165, 1.54) is 6.07 Å². The van der Waals surface area contributed by atoms with Gasteiger partial charge in [0.25, 0.3) is 0 Å². The molecule has 0 radical (unpaired) electrons. The molecule has 3 nitrogen and oxygen atoms in total. The zero-order chi connectivity index (χ0) is 12.3. The number of phenols is 3. The van der Waals surface area contributed by atoms with Crippen molar-refractivity contribution in [1.82, 2.24) is 0 Å². The first-order valence-corrected chi connectivity index (χ1v) is 5.43. The fourth-order valence-corrected chi connectivity index (χ4v) is 1.75. The summed E-state index contributed by atoms with van der Waals surface area (Å²) in [6.07, 6.45) is 1.52. The molecule has 3 N–H and O–H groups in total. The summed E-state index contributed by atoms with van der Waals surface area (Å²) in [6, 6.07) is 11.6. The SMILES string of the molecule is C.C.C.C.C.C.C.C.C.C.C.C.Oc1ccc(CCc2cc(O)cc(O)c2)cc1. The van der Waals surface area contributed by atoms with Crippen LogP contribution in [0.2, 0.25) is 0 Å². The van der Waals surface area contributed by atoms with E-state index in [0.717, 1.165) is 24.0 Å². The molecule has 29 heavy (non-hydrogen) atoms. The lowest BCUT2D eigenvalue weighted by atomic mass is 10.0. The second kappa shape index (κ2) is 33.4. The van der Waals surface area contributed by atoms with Gasteiger partial charge in [-0.3, -0.25) is 0 Å². The second-order valence-corrected chi connectivity index (χ2v) is 4.02. The monoisotopic (exact) mass is 422 g/mol. The van der Waals surface area contributed by atoms with E-state index in [0.29, 0.717) is 0 Å². The molecule has 0 fully saturated rings. The maximum atomic E-state index is 9.33. The van der Waals surface area contributed by atoms with Gasteiger partial charge in [-0.25, -0.2) is 0 Å². The standard InChI is InChI=1S/C14H14O3.12CH4/c15-12-5-3-10(4-6-12)1-2-11-7-13(16)9-14(17)8-11;;;;;;;;;;;;/h3-9,15-17H,1-2H2;12*1H4. The largest absolute Gasteiger partial charge is 0.508 e. The zero-order valence-corrected chi connectivity index (χ0v) is 9.30. The van der Waals surface area contributed by atoms with Crippen LogP contribution in [0, 0.1) is 0 Å². The van der Waals surface area contributed by atoms with Gasteiger partial charge in [0.1, 0.15) is 17.2 Å². The molecule has 2 aromatic rings. The lowest BCUT2D eigenvalue weighted by molar-refractivity contribution is 0.449. The van der Waals surface area contributed by atoms with Crippen LogP contribution in [0.1, 0.15) is 100 Å². The summed E-state index contributed by atoms with van der Waals surface area (Å²) in [5, 5.41) is 27.8. The number of hydrogen-bond donors (Lipinski definition) is 3. The minimum absolute atomic E-state index is 0. The number of rotatable bonds is 3. The van der Waals surface area contributed by atoms with Crippen molar-refractivity contribution in [2.45, 2.75) is 102 Å². The maximum Gasteiger partial charge on any atom is 0.119 e. The molecule has 0 aliphatic carbocycles. The molecule has 0 amide bonds. The van der Waals surface area contributed by atoms with E-state index >= 15 is 0 Å². The van der Waals surface area contributed by atoms with Gasteiger partial charge >= 0.3 is 0 Å². The zero-order valence-electron chi connectivity index (χ0n) is 9.30. The van der Waals surface area contributed by atoms with Gasteiger partial charge in [0.2, 0.25) is 0 Å². The molecule has 0 aromatic heterocycles. The Hall–Kier alpha value is -2.16. The molecule has 0 saturated carbocycles. The Labute approximate surface area is 188 Å². The summed E-state index contributed by atoms with van der Waals surface area (Å²) >= 11 is 0. The van der Waals surface area contributed by atoms with Crippen molar-refractivity contribution in [3.8, 4) is 17.2 Å². The number of hydrogen-bond acceptors (Lipinski definition) is 3. The van der Waals surface area contributed by atoms with Crippen LogP contribution in [0.25, 0.3) is 0 Å².